The van der Waals surface area contributed by atoms with Crippen molar-refractivity contribution in [1.29, 1.82) is 0 Å². The lowest BCUT2D eigenvalue weighted by Crippen LogP contribution is -2.42. The summed E-state index contributed by atoms with van der Waals surface area (Å²) < 4.78 is 5.58. The first kappa shape index (κ1) is 18.0. The number of amides is 2. The fourth-order valence-electron chi connectivity index (χ4n) is 2.78. The number of carbonyl (C=O) groups is 2. The Morgan fingerprint density at radius 2 is 1.75 bits per heavy atom. The minimum absolute atomic E-state index is 0.162. The van der Waals surface area contributed by atoms with Gasteiger partial charge in [0.15, 0.2) is 0 Å². The average Bonchev–Trinajstić information content (AvgIpc) is 2.85. The number of fused-ring (bicyclic) bond motifs is 1. The SMILES string of the molecule is Cc1cc2occ(CC(=O)NNC(=O)CC(C)C)c2cc1C(C)C. The van der Waals surface area contributed by atoms with E-state index in [1.165, 1.54) is 11.1 Å². The van der Waals surface area contributed by atoms with Gasteiger partial charge < -0.3 is 4.42 Å². The van der Waals surface area contributed by atoms with Gasteiger partial charge in [0.2, 0.25) is 11.8 Å². The van der Waals surface area contributed by atoms with E-state index in [2.05, 4.69) is 37.7 Å². The van der Waals surface area contributed by atoms with E-state index in [0.717, 1.165) is 16.5 Å². The molecule has 0 unspecified atom stereocenters. The Bertz CT molecular complexity index is 744. The second-order valence-corrected chi connectivity index (χ2v) is 6.99. The van der Waals surface area contributed by atoms with E-state index >= 15 is 0 Å². The van der Waals surface area contributed by atoms with Crippen LogP contribution in [0.15, 0.2) is 22.8 Å². The zero-order valence-corrected chi connectivity index (χ0v) is 15.0. The van der Waals surface area contributed by atoms with Crippen molar-refractivity contribution in [1.82, 2.24) is 10.9 Å². The maximum Gasteiger partial charge on any atom is 0.242 e. The van der Waals surface area contributed by atoms with Gasteiger partial charge in [-0.2, -0.15) is 0 Å². The van der Waals surface area contributed by atoms with E-state index in [1.807, 2.05) is 19.9 Å². The lowest BCUT2D eigenvalue weighted by Gasteiger charge is -2.10. The molecule has 0 saturated carbocycles. The minimum Gasteiger partial charge on any atom is -0.464 e. The van der Waals surface area contributed by atoms with Crippen LogP contribution in [-0.4, -0.2) is 11.8 Å². The van der Waals surface area contributed by atoms with Gasteiger partial charge in [0, 0.05) is 17.4 Å². The number of furan rings is 1. The Hall–Kier alpha value is -2.30. The molecule has 5 nitrogen and oxygen atoms in total. The highest BCUT2D eigenvalue weighted by atomic mass is 16.3. The molecule has 130 valence electrons. The maximum atomic E-state index is 12.1. The lowest BCUT2D eigenvalue weighted by molar-refractivity contribution is -0.129. The number of benzene rings is 1. The zero-order chi connectivity index (χ0) is 17.9. The number of rotatable bonds is 5. The van der Waals surface area contributed by atoms with Gasteiger partial charge in [0.1, 0.15) is 5.58 Å². The molecular formula is C19H26N2O3. The first-order chi connectivity index (χ1) is 11.3. The Morgan fingerprint density at radius 1 is 1.08 bits per heavy atom. The first-order valence-corrected chi connectivity index (χ1v) is 8.36. The first-order valence-electron chi connectivity index (χ1n) is 8.36. The summed E-state index contributed by atoms with van der Waals surface area (Å²) in [6, 6.07) is 4.11. The maximum absolute atomic E-state index is 12.1. The molecule has 0 spiro atoms. The summed E-state index contributed by atoms with van der Waals surface area (Å²) in [6.07, 6.45) is 2.16. The van der Waals surface area contributed by atoms with Gasteiger partial charge in [-0.1, -0.05) is 27.7 Å². The number of carbonyl (C=O) groups excluding carboxylic acids is 2. The largest absolute Gasteiger partial charge is 0.464 e. The highest BCUT2D eigenvalue weighted by Gasteiger charge is 2.14. The van der Waals surface area contributed by atoms with Crippen LogP contribution in [0.25, 0.3) is 11.0 Å². The highest BCUT2D eigenvalue weighted by Crippen LogP contribution is 2.29. The second-order valence-electron chi connectivity index (χ2n) is 6.99. The Balaban J connectivity index is 2.08. The number of nitrogens with one attached hydrogen (secondary N) is 2. The van der Waals surface area contributed by atoms with E-state index < -0.39 is 0 Å². The molecule has 1 heterocycles. The summed E-state index contributed by atoms with van der Waals surface area (Å²) >= 11 is 0. The third kappa shape index (κ3) is 4.37. The third-order valence-corrected chi connectivity index (χ3v) is 3.95. The van der Waals surface area contributed by atoms with Crippen LogP contribution in [0.4, 0.5) is 0 Å². The molecule has 0 saturated heterocycles. The van der Waals surface area contributed by atoms with Crippen molar-refractivity contribution in [3.63, 3.8) is 0 Å². The minimum atomic E-state index is -0.263. The van der Waals surface area contributed by atoms with Crippen molar-refractivity contribution in [2.24, 2.45) is 5.92 Å². The van der Waals surface area contributed by atoms with Gasteiger partial charge >= 0.3 is 0 Å². The van der Waals surface area contributed by atoms with Crippen LogP contribution in [-0.2, 0) is 16.0 Å². The molecule has 2 N–H and O–H groups in total. The van der Waals surface area contributed by atoms with Gasteiger partial charge in [-0.3, -0.25) is 20.4 Å². The van der Waals surface area contributed by atoms with Crippen LogP contribution < -0.4 is 10.9 Å². The highest BCUT2D eigenvalue weighted by molar-refractivity contribution is 5.89. The topological polar surface area (TPSA) is 71.3 Å². The summed E-state index contributed by atoms with van der Waals surface area (Å²) in [6.45, 7) is 10.3. The summed E-state index contributed by atoms with van der Waals surface area (Å²) in [5.74, 6) is 0.202. The van der Waals surface area contributed by atoms with Crippen molar-refractivity contribution in [3.8, 4) is 0 Å². The van der Waals surface area contributed by atoms with Gasteiger partial charge in [-0.25, -0.2) is 0 Å². The number of hydrazine groups is 1. The molecule has 24 heavy (non-hydrogen) atoms. The second kappa shape index (κ2) is 7.51. The quantitative estimate of drug-likeness (QED) is 0.823. The normalized spacial score (nSPS) is 11.3. The number of aryl methyl sites for hydroxylation is 1. The number of hydrogen-bond acceptors (Lipinski definition) is 3. The molecule has 0 radical (unpaired) electrons. The third-order valence-electron chi connectivity index (χ3n) is 3.95. The standard InChI is InChI=1S/C19H26N2O3/c1-11(2)6-18(22)20-21-19(23)8-14-10-24-17-7-13(5)15(12(3)4)9-16(14)17/h7,9-12H,6,8H2,1-5H3,(H,20,22)(H,21,23). The predicted molar refractivity (Wildman–Crippen MR) is 94.5 cm³/mol. The van der Waals surface area contributed by atoms with Crippen LogP contribution in [0.3, 0.4) is 0 Å². The Labute approximate surface area is 142 Å². The molecule has 2 rings (SSSR count). The van der Waals surface area contributed by atoms with Crippen molar-refractivity contribution in [2.45, 2.75) is 53.4 Å². The molecule has 0 aliphatic carbocycles. The van der Waals surface area contributed by atoms with Gasteiger partial charge in [-0.05, 0) is 42.0 Å². The van der Waals surface area contributed by atoms with Crippen LogP contribution in [0.2, 0.25) is 0 Å². The molecule has 0 atom stereocenters. The van der Waals surface area contributed by atoms with E-state index in [0.29, 0.717) is 12.3 Å². The predicted octanol–water partition coefficient (Wildman–Crippen LogP) is 3.60. The monoisotopic (exact) mass is 330 g/mol. The van der Waals surface area contributed by atoms with Gasteiger partial charge in [0.25, 0.3) is 0 Å². The van der Waals surface area contributed by atoms with E-state index in [9.17, 15) is 9.59 Å². The summed E-state index contributed by atoms with van der Waals surface area (Å²) in [5.41, 5.74) is 8.94. The van der Waals surface area contributed by atoms with Crippen LogP contribution in [0.1, 0.15) is 56.7 Å². The van der Waals surface area contributed by atoms with Crippen LogP contribution >= 0.6 is 0 Å². The van der Waals surface area contributed by atoms with Crippen molar-refractivity contribution in [2.75, 3.05) is 0 Å². The zero-order valence-electron chi connectivity index (χ0n) is 15.0. The summed E-state index contributed by atoms with van der Waals surface area (Å²) in [5, 5.41) is 0.952. The fourth-order valence-corrected chi connectivity index (χ4v) is 2.78. The van der Waals surface area contributed by atoms with E-state index in [-0.39, 0.29) is 24.2 Å². The average molecular weight is 330 g/mol. The van der Waals surface area contributed by atoms with Crippen molar-refractivity contribution < 1.29 is 14.0 Å². The Kier molecular flexibility index (Phi) is 5.65. The smallest absolute Gasteiger partial charge is 0.242 e. The summed E-state index contributed by atoms with van der Waals surface area (Å²) in [7, 11) is 0. The molecule has 0 aliphatic heterocycles. The van der Waals surface area contributed by atoms with E-state index in [1.54, 1.807) is 6.26 Å². The van der Waals surface area contributed by atoms with Crippen molar-refractivity contribution >= 4 is 22.8 Å². The van der Waals surface area contributed by atoms with Gasteiger partial charge in [-0.15, -0.1) is 0 Å². The lowest BCUT2D eigenvalue weighted by atomic mass is 9.95. The molecule has 2 aromatic rings. The molecular weight excluding hydrogens is 304 g/mol. The Morgan fingerprint density at radius 3 is 2.38 bits per heavy atom. The molecule has 0 bridgehead atoms. The number of hydrogen-bond donors (Lipinski definition) is 2. The molecule has 1 aromatic carbocycles. The molecule has 5 heteroatoms. The molecule has 1 aromatic heterocycles. The molecule has 0 aliphatic rings. The van der Waals surface area contributed by atoms with Crippen LogP contribution in [0, 0.1) is 12.8 Å². The van der Waals surface area contributed by atoms with Gasteiger partial charge in [0.05, 0.1) is 12.7 Å². The fraction of sp³-hybridized carbons (Fsp3) is 0.474. The van der Waals surface area contributed by atoms with Crippen LogP contribution in [0.5, 0.6) is 0 Å². The van der Waals surface area contributed by atoms with Crippen molar-refractivity contribution in [3.05, 3.63) is 35.1 Å². The summed E-state index contributed by atoms with van der Waals surface area (Å²) in [4.78, 5) is 23.6. The van der Waals surface area contributed by atoms with E-state index in [4.69, 9.17) is 4.42 Å². The molecule has 0 fully saturated rings. The molecule has 2 amide bonds.